The van der Waals surface area contributed by atoms with E-state index in [-0.39, 0.29) is 19.1 Å². The second-order valence-electron chi connectivity index (χ2n) is 7.25. The van der Waals surface area contributed by atoms with Crippen molar-refractivity contribution >= 4 is 16.7 Å². The van der Waals surface area contributed by atoms with Crippen molar-refractivity contribution in [1.82, 2.24) is 4.90 Å². The highest BCUT2D eigenvalue weighted by molar-refractivity contribution is 6.00. The van der Waals surface area contributed by atoms with Gasteiger partial charge in [-0.15, -0.1) is 0 Å². The van der Waals surface area contributed by atoms with E-state index in [0.717, 1.165) is 53.4 Å². The molecule has 3 aromatic rings. The zero-order valence-corrected chi connectivity index (χ0v) is 15.9. The normalized spacial score (nSPS) is 14.2. The molecule has 1 amide bonds. The second kappa shape index (κ2) is 8.44. The molecule has 144 valence electrons. The average Bonchev–Trinajstić information content (AvgIpc) is 2.77. The second-order valence-corrected chi connectivity index (χ2v) is 7.25. The number of carbonyl (C=O) groups is 1. The average molecular weight is 375 g/mol. The Morgan fingerprint density at radius 1 is 0.964 bits per heavy atom. The molecule has 4 rings (SSSR count). The Kier molecular flexibility index (Phi) is 5.58. The van der Waals surface area contributed by atoms with E-state index in [4.69, 9.17) is 4.74 Å². The van der Waals surface area contributed by atoms with Crippen molar-refractivity contribution in [2.75, 3.05) is 19.7 Å². The van der Waals surface area contributed by atoms with Crippen molar-refractivity contribution in [3.63, 3.8) is 0 Å². The molecule has 0 unspecified atom stereocenters. The zero-order valence-electron chi connectivity index (χ0n) is 15.9. The number of nitrogens with zero attached hydrogens (tertiary/aromatic N) is 1. The van der Waals surface area contributed by atoms with Gasteiger partial charge in [0.15, 0.2) is 6.61 Å². The number of aliphatic hydroxyl groups is 1. The standard InChI is InChI=1S/C24H25NO3/c26-16-18-7-6-9-20(15-18)24-21-10-3-2-8-19(21)11-12-22(24)28-17-23(27)25-13-4-1-5-14-25/h2-3,6-12,15,26H,1,4-5,13-14,16-17H2. The smallest absolute Gasteiger partial charge is 0.260 e. The Hall–Kier alpha value is -2.85. The van der Waals surface area contributed by atoms with Crippen molar-refractivity contribution in [3.05, 3.63) is 66.2 Å². The summed E-state index contributed by atoms with van der Waals surface area (Å²) in [7, 11) is 0. The monoisotopic (exact) mass is 375 g/mol. The SMILES string of the molecule is O=C(COc1ccc2ccccc2c1-c1cccc(CO)c1)N1CCCCC1. The van der Waals surface area contributed by atoms with Gasteiger partial charge >= 0.3 is 0 Å². The van der Waals surface area contributed by atoms with E-state index in [1.165, 1.54) is 6.42 Å². The number of benzene rings is 3. The van der Waals surface area contributed by atoms with Crippen LogP contribution in [0.1, 0.15) is 24.8 Å². The lowest BCUT2D eigenvalue weighted by Gasteiger charge is -2.26. The van der Waals surface area contributed by atoms with Gasteiger partial charge in [0, 0.05) is 18.7 Å². The number of carbonyl (C=O) groups excluding carboxylic acids is 1. The van der Waals surface area contributed by atoms with E-state index in [1.54, 1.807) is 0 Å². The number of hydrogen-bond acceptors (Lipinski definition) is 3. The number of likely N-dealkylation sites (tertiary alicyclic amines) is 1. The molecule has 1 N–H and O–H groups in total. The Labute approximate surface area is 165 Å². The number of rotatable bonds is 5. The van der Waals surface area contributed by atoms with Crippen LogP contribution in [0.15, 0.2) is 60.7 Å². The molecule has 3 aromatic carbocycles. The number of ether oxygens (including phenoxy) is 1. The first kappa shape index (κ1) is 18.5. The van der Waals surface area contributed by atoms with Crippen molar-refractivity contribution in [1.29, 1.82) is 0 Å². The van der Waals surface area contributed by atoms with E-state index in [0.29, 0.717) is 5.75 Å². The molecule has 0 spiro atoms. The van der Waals surface area contributed by atoms with E-state index in [1.807, 2.05) is 53.4 Å². The van der Waals surface area contributed by atoms with Gasteiger partial charge in [-0.3, -0.25) is 4.79 Å². The van der Waals surface area contributed by atoms with E-state index >= 15 is 0 Å². The molecule has 1 aliphatic rings. The number of fused-ring (bicyclic) bond motifs is 1. The summed E-state index contributed by atoms with van der Waals surface area (Å²) in [6.45, 7) is 1.68. The maximum atomic E-state index is 12.6. The molecular weight excluding hydrogens is 350 g/mol. The highest BCUT2D eigenvalue weighted by atomic mass is 16.5. The fourth-order valence-electron chi connectivity index (χ4n) is 3.87. The van der Waals surface area contributed by atoms with E-state index in [2.05, 4.69) is 12.1 Å². The molecule has 4 heteroatoms. The summed E-state index contributed by atoms with van der Waals surface area (Å²) in [5.41, 5.74) is 2.78. The van der Waals surface area contributed by atoms with E-state index in [9.17, 15) is 9.90 Å². The molecule has 28 heavy (non-hydrogen) atoms. The first-order chi connectivity index (χ1) is 13.8. The third kappa shape index (κ3) is 3.87. The third-order valence-electron chi connectivity index (χ3n) is 5.35. The number of hydrogen-bond donors (Lipinski definition) is 1. The molecule has 1 fully saturated rings. The van der Waals surface area contributed by atoms with Crippen LogP contribution < -0.4 is 4.74 Å². The minimum atomic E-state index is -0.0117. The first-order valence-electron chi connectivity index (χ1n) is 9.89. The first-order valence-corrected chi connectivity index (χ1v) is 9.89. The molecule has 1 heterocycles. The van der Waals surface area contributed by atoms with Crippen LogP contribution in [-0.4, -0.2) is 35.6 Å². The van der Waals surface area contributed by atoms with Crippen LogP contribution in [0.3, 0.4) is 0 Å². The van der Waals surface area contributed by atoms with Crippen LogP contribution in [0.5, 0.6) is 5.75 Å². The lowest BCUT2D eigenvalue weighted by molar-refractivity contribution is -0.134. The maximum Gasteiger partial charge on any atom is 0.260 e. The van der Waals surface area contributed by atoms with Crippen molar-refractivity contribution in [3.8, 4) is 16.9 Å². The predicted molar refractivity (Wildman–Crippen MR) is 111 cm³/mol. The fraction of sp³-hybridized carbons (Fsp3) is 0.292. The summed E-state index contributed by atoms with van der Waals surface area (Å²) in [6, 6.07) is 19.9. The highest BCUT2D eigenvalue weighted by Crippen LogP contribution is 2.37. The van der Waals surface area contributed by atoms with Gasteiger partial charge in [0.05, 0.1) is 6.61 Å². The van der Waals surface area contributed by atoms with Crippen LogP contribution in [0.25, 0.3) is 21.9 Å². The quantitative estimate of drug-likeness (QED) is 0.719. The van der Waals surface area contributed by atoms with Gasteiger partial charge < -0.3 is 14.7 Å². The molecule has 0 radical (unpaired) electrons. The molecule has 4 nitrogen and oxygen atoms in total. The van der Waals surface area contributed by atoms with Gasteiger partial charge in [0.25, 0.3) is 5.91 Å². The number of aliphatic hydroxyl groups excluding tert-OH is 1. The number of piperidine rings is 1. The van der Waals surface area contributed by atoms with Crippen LogP contribution in [0, 0.1) is 0 Å². The van der Waals surface area contributed by atoms with Crippen molar-refractivity contribution in [2.45, 2.75) is 25.9 Å². The largest absolute Gasteiger partial charge is 0.483 e. The summed E-state index contributed by atoms with van der Waals surface area (Å²) in [6.07, 6.45) is 3.34. The topological polar surface area (TPSA) is 49.8 Å². The molecular formula is C24H25NO3. The number of amides is 1. The minimum absolute atomic E-state index is 0.0117. The molecule has 1 saturated heterocycles. The minimum Gasteiger partial charge on any atom is -0.483 e. The van der Waals surface area contributed by atoms with Crippen molar-refractivity contribution < 1.29 is 14.6 Å². The summed E-state index contributed by atoms with van der Waals surface area (Å²) in [5.74, 6) is 0.738. The van der Waals surface area contributed by atoms with E-state index < -0.39 is 0 Å². The highest BCUT2D eigenvalue weighted by Gasteiger charge is 2.18. The lowest BCUT2D eigenvalue weighted by Crippen LogP contribution is -2.38. The van der Waals surface area contributed by atoms with Gasteiger partial charge in [-0.1, -0.05) is 48.5 Å². The van der Waals surface area contributed by atoms with Crippen LogP contribution in [0.2, 0.25) is 0 Å². The van der Waals surface area contributed by atoms with Gasteiger partial charge in [0.2, 0.25) is 0 Å². The van der Waals surface area contributed by atoms with Gasteiger partial charge in [-0.05, 0) is 53.3 Å². The molecule has 0 aromatic heterocycles. The van der Waals surface area contributed by atoms with Crippen LogP contribution in [-0.2, 0) is 11.4 Å². The van der Waals surface area contributed by atoms with Crippen molar-refractivity contribution in [2.24, 2.45) is 0 Å². The summed E-state index contributed by atoms with van der Waals surface area (Å²) in [5, 5.41) is 11.7. The Bertz CT molecular complexity index is 977. The van der Waals surface area contributed by atoms with Crippen LogP contribution >= 0.6 is 0 Å². The van der Waals surface area contributed by atoms with Crippen LogP contribution in [0.4, 0.5) is 0 Å². The molecule has 0 aliphatic carbocycles. The maximum absolute atomic E-state index is 12.6. The Morgan fingerprint density at radius 2 is 1.79 bits per heavy atom. The molecule has 0 saturated carbocycles. The summed E-state index contributed by atoms with van der Waals surface area (Å²) < 4.78 is 6.03. The zero-order chi connectivity index (χ0) is 19.3. The Morgan fingerprint density at radius 3 is 2.61 bits per heavy atom. The van der Waals surface area contributed by atoms with Gasteiger partial charge in [-0.25, -0.2) is 0 Å². The fourth-order valence-corrected chi connectivity index (χ4v) is 3.87. The molecule has 0 bridgehead atoms. The summed E-state index contributed by atoms with van der Waals surface area (Å²) in [4.78, 5) is 14.5. The lowest BCUT2D eigenvalue weighted by atomic mass is 9.96. The molecule has 0 atom stereocenters. The molecule has 1 aliphatic heterocycles. The van der Waals surface area contributed by atoms with Gasteiger partial charge in [-0.2, -0.15) is 0 Å². The summed E-state index contributed by atoms with van der Waals surface area (Å²) >= 11 is 0. The Balaban J connectivity index is 1.68. The van der Waals surface area contributed by atoms with Gasteiger partial charge in [0.1, 0.15) is 5.75 Å². The predicted octanol–water partition coefficient (Wildman–Crippen LogP) is 4.39. The third-order valence-corrected chi connectivity index (χ3v) is 5.35.